The van der Waals surface area contributed by atoms with Crippen LogP contribution in [0.3, 0.4) is 0 Å². The predicted octanol–water partition coefficient (Wildman–Crippen LogP) is 0.958. The Kier molecular flexibility index (Phi) is 3.06. The van der Waals surface area contributed by atoms with E-state index in [2.05, 4.69) is 15.8 Å². The van der Waals surface area contributed by atoms with Crippen molar-refractivity contribution in [3.8, 4) is 0 Å². The maximum atomic E-state index is 11.9. The molecule has 6 nitrogen and oxygen atoms in total. The van der Waals surface area contributed by atoms with Crippen molar-refractivity contribution in [1.29, 1.82) is 0 Å². The first-order valence-corrected chi connectivity index (χ1v) is 5.07. The maximum absolute atomic E-state index is 11.9. The Morgan fingerprint density at radius 3 is 2.53 bits per heavy atom. The molecule has 0 spiro atoms. The van der Waals surface area contributed by atoms with Gasteiger partial charge in [-0.15, -0.1) is 0 Å². The van der Waals surface area contributed by atoms with Gasteiger partial charge in [-0.1, -0.05) is 0 Å². The van der Waals surface area contributed by atoms with Crippen LogP contribution in [0.2, 0.25) is 0 Å². The molecule has 0 aliphatic heterocycles. The Labute approximate surface area is 98.4 Å². The van der Waals surface area contributed by atoms with Crippen LogP contribution in [0.15, 0.2) is 36.5 Å². The standard InChI is InChI=1S/C11H13N5O/c1-16-10(6-7-13-16)14-11(17)8-2-4-9(15-12)5-3-8/h2-7,15H,12H2,1H3,(H,14,17). The lowest BCUT2D eigenvalue weighted by atomic mass is 10.2. The highest BCUT2D eigenvalue weighted by atomic mass is 16.1. The number of hydrogen-bond acceptors (Lipinski definition) is 4. The molecular weight excluding hydrogens is 218 g/mol. The molecule has 2 aromatic rings. The minimum absolute atomic E-state index is 0.183. The number of anilines is 2. The second-order valence-corrected chi connectivity index (χ2v) is 3.52. The maximum Gasteiger partial charge on any atom is 0.256 e. The van der Waals surface area contributed by atoms with Crippen LogP contribution in [0.4, 0.5) is 11.5 Å². The van der Waals surface area contributed by atoms with Gasteiger partial charge in [0, 0.05) is 24.4 Å². The average molecular weight is 231 g/mol. The zero-order valence-electron chi connectivity index (χ0n) is 9.34. The molecule has 2 rings (SSSR count). The molecule has 88 valence electrons. The molecular formula is C11H13N5O. The van der Waals surface area contributed by atoms with Gasteiger partial charge in [0.2, 0.25) is 0 Å². The molecule has 1 heterocycles. The summed E-state index contributed by atoms with van der Waals surface area (Å²) in [5, 5.41) is 6.72. The number of benzene rings is 1. The summed E-state index contributed by atoms with van der Waals surface area (Å²) in [6, 6.07) is 8.59. The van der Waals surface area contributed by atoms with Gasteiger partial charge in [0.25, 0.3) is 5.91 Å². The quantitative estimate of drug-likeness (QED) is 0.542. The Morgan fingerprint density at radius 2 is 2.00 bits per heavy atom. The molecule has 1 aromatic heterocycles. The molecule has 0 aliphatic carbocycles. The van der Waals surface area contributed by atoms with E-state index in [0.717, 1.165) is 5.69 Å². The lowest BCUT2D eigenvalue weighted by Crippen LogP contribution is -2.14. The molecule has 0 atom stereocenters. The summed E-state index contributed by atoms with van der Waals surface area (Å²) in [5.74, 6) is 5.71. The van der Waals surface area contributed by atoms with Gasteiger partial charge in [-0.25, -0.2) is 0 Å². The first kappa shape index (κ1) is 11.2. The topological polar surface area (TPSA) is 85.0 Å². The number of carbonyl (C=O) groups excluding carboxylic acids is 1. The second-order valence-electron chi connectivity index (χ2n) is 3.52. The number of nitrogens with two attached hydrogens (primary N) is 1. The van der Waals surface area contributed by atoms with Crippen LogP contribution >= 0.6 is 0 Å². The van der Waals surface area contributed by atoms with Crippen LogP contribution in [0, 0.1) is 0 Å². The van der Waals surface area contributed by atoms with E-state index in [1.54, 1.807) is 48.3 Å². The molecule has 0 saturated heterocycles. The van der Waals surface area contributed by atoms with E-state index in [4.69, 9.17) is 5.84 Å². The molecule has 0 radical (unpaired) electrons. The van der Waals surface area contributed by atoms with Gasteiger partial charge in [0.15, 0.2) is 0 Å². The fraction of sp³-hybridized carbons (Fsp3) is 0.0909. The number of aryl methyl sites for hydroxylation is 1. The van der Waals surface area contributed by atoms with Gasteiger partial charge < -0.3 is 10.7 Å². The largest absolute Gasteiger partial charge is 0.324 e. The smallest absolute Gasteiger partial charge is 0.256 e. The molecule has 0 unspecified atom stereocenters. The molecule has 6 heteroatoms. The van der Waals surface area contributed by atoms with Crippen LogP contribution in [-0.4, -0.2) is 15.7 Å². The summed E-state index contributed by atoms with van der Waals surface area (Å²) in [6.07, 6.45) is 1.62. The van der Waals surface area contributed by atoms with E-state index in [0.29, 0.717) is 11.4 Å². The van der Waals surface area contributed by atoms with Gasteiger partial charge in [-0.3, -0.25) is 15.3 Å². The summed E-state index contributed by atoms with van der Waals surface area (Å²) in [6.45, 7) is 0. The van der Waals surface area contributed by atoms with E-state index in [1.165, 1.54) is 0 Å². The van der Waals surface area contributed by atoms with Crippen molar-refractivity contribution in [2.75, 3.05) is 10.7 Å². The van der Waals surface area contributed by atoms with Crippen molar-refractivity contribution in [3.63, 3.8) is 0 Å². The van der Waals surface area contributed by atoms with Crippen molar-refractivity contribution in [2.45, 2.75) is 0 Å². The zero-order chi connectivity index (χ0) is 12.3. The molecule has 0 saturated carbocycles. The Bertz CT molecular complexity index is 517. The van der Waals surface area contributed by atoms with E-state index in [9.17, 15) is 4.79 Å². The predicted molar refractivity (Wildman–Crippen MR) is 65.4 cm³/mol. The third-order valence-electron chi connectivity index (χ3n) is 2.38. The molecule has 0 aliphatic rings. The number of nitrogens with one attached hydrogen (secondary N) is 2. The molecule has 4 N–H and O–H groups in total. The summed E-state index contributed by atoms with van der Waals surface area (Å²) in [4.78, 5) is 11.9. The number of aromatic nitrogens is 2. The number of hydrogen-bond donors (Lipinski definition) is 3. The Balaban J connectivity index is 2.12. The Hall–Kier alpha value is -2.34. The number of amides is 1. The fourth-order valence-corrected chi connectivity index (χ4v) is 1.40. The van der Waals surface area contributed by atoms with Crippen LogP contribution in [-0.2, 0) is 7.05 Å². The minimum atomic E-state index is -0.183. The summed E-state index contributed by atoms with van der Waals surface area (Å²) < 4.78 is 1.59. The molecule has 0 fully saturated rings. The monoisotopic (exact) mass is 231 g/mol. The van der Waals surface area contributed by atoms with Crippen molar-refractivity contribution in [3.05, 3.63) is 42.1 Å². The van der Waals surface area contributed by atoms with Crippen molar-refractivity contribution in [2.24, 2.45) is 12.9 Å². The number of rotatable bonds is 3. The molecule has 17 heavy (non-hydrogen) atoms. The van der Waals surface area contributed by atoms with Crippen LogP contribution in [0.25, 0.3) is 0 Å². The third kappa shape index (κ3) is 2.43. The lowest BCUT2D eigenvalue weighted by molar-refractivity contribution is 0.102. The summed E-state index contributed by atoms with van der Waals surface area (Å²) >= 11 is 0. The van der Waals surface area contributed by atoms with Gasteiger partial charge in [-0.05, 0) is 24.3 Å². The highest BCUT2D eigenvalue weighted by molar-refractivity contribution is 6.03. The Morgan fingerprint density at radius 1 is 1.29 bits per heavy atom. The number of carbonyl (C=O) groups is 1. The number of nitrogen functional groups attached to an aromatic ring is 1. The molecule has 1 amide bonds. The number of nitrogens with zero attached hydrogens (tertiary/aromatic N) is 2. The highest BCUT2D eigenvalue weighted by Gasteiger charge is 2.07. The number of hydrazine groups is 1. The van der Waals surface area contributed by atoms with Gasteiger partial charge in [0.05, 0.1) is 6.20 Å². The van der Waals surface area contributed by atoms with Gasteiger partial charge in [0.1, 0.15) is 5.82 Å². The van der Waals surface area contributed by atoms with E-state index in [1.807, 2.05) is 0 Å². The van der Waals surface area contributed by atoms with Crippen molar-refractivity contribution in [1.82, 2.24) is 9.78 Å². The summed E-state index contributed by atoms with van der Waals surface area (Å²) in [7, 11) is 1.76. The van der Waals surface area contributed by atoms with Crippen molar-refractivity contribution < 1.29 is 4.79 Å². The van der Waals surface area contributed by atoms with Crippen LogP contribution < -0.4 is 16.6 Å². The first-order chi connectivity index (χ1) is 8.20. The average Bonchev–Trinajstić information content (AvgIpc) is 2.75. The van der Waals surface area contributed by atoms with E-state index < -0.39 is 0 Å². The zero-order valence-corrected chi connectivity index (χ0v) is 9.34. The fourth-order valence-electron chi connectivity index (χ4n) is 1.40. The van der Waals surface area contributed by atoms with Crippen LogP contribution in [0.1, 0.15) is 10.4 Å². The van der Waals surface area contributed by atoms with Gasteiger partial charge in [-0.2, -0.15) is 5.10 Å². The molecule has 0 bridgehead atoms. The van der Waals surface area contributed by atoms with Crippen LogP contribution in [0.5, 0.6) is 0 Å². The van der Waals surface area contributed by atoms with E-state index in [-0.39, 0.29) is 5.91 Å². The van der Waals surface area contributed by atoms with Gasteiger partial charge >= 0.3 is 0 Å². The highest BCUT2D eigenvalue weighted by Crippen LogP contribution is 2.10. The summed E-state index contributed by atoms with van der Waals surface area (Å²) in [5.41, 5.74) is 3.81. The third-order valence-corrected chi connectivity index (χ3v) is 2.38. The second kappa shape index (κ2) is 4.67. The van der Waals surface area contributed by atoms with E-state index >= 15 is 0 Å². The minimum Gasteiger partial charge on any atom is -0.324 e. The molecule has 1 aromatic carbocycles. The normalized spacial score (nSPS) is 10.0. The SMILES string of the molecule is Cn1nccc1NC(=O)c1ccc(NN)cc1. The lowest BCUT2D eigenvalue weighted by Gasteiger charge is -2.06. The van der Waals surface area contributed by atoms with Crippen molar-refractivity contribution >= 4 is 17.4 Å². The first-order valence-electron chi connectivity index (χ1n) is 5.07.